The predicted molar refractivity (Wildman–Crippen MR) is 133 cm³/mol. The Hall–Kier alpha value is -3.18. The molecule has 1 aliphatic heterocycles. The number of aliphatic hydroxyl groups excluding tert-OH is 1. The van der Waals surface area contributed by atoms with Gasteiger partial charge in [0.05, 0.1) is 25.2 Å². The average Bonchev–Trinajstić information content (AvgIpc) is 2.91. The Morgan fingerprint density at radius 1 is 1.17 bits per heavy atom. The van der Waals surface area contributed by atoms with Crippen molar-refractivity contribution in [1.29, 1.82) is 0 Å². The maximum absolute atomic E-state index is 13.1. The standard InChI is InChI=1S/C26H31NO8S/c1-3-16-34-26(29)24-18-21(20-7-5-4-6-8-20)19-25(35-24)33-17-14-27(13-15-28)36(30,31)23-11-9-22(32-2)10-12-23/h3-12,18,21,25,28H,1,13-17,19H2,2H3/t21-,25+/m0/s1. The minimum atomic E-state index is -3.88. The largest absolute Gasteiger partial charge is 0.497 e. The van der Waals surface area contributed by atoms with Crippen molar-refractivity contribution in [1.82, 2.24) is 4.31 Å². The fraction of sp³-hybridized carbons (Fsp3) is 0.346. The van der Waals surface area contributed by atoms with Crippen LogP contribution in [-0.2, 0) is 29.0 Å². The molecule has 3 rings (SSSR count). The molecule has 0 amide bonds. The molecule has 194 valence electrons. The summed E-state index contributed by atoms with van der Waals surface area (Å²) >= 11 is 0. The van der Waals surface area contributed by atoms with Crippen molar-refractivity contribution in [2.75, 3.05) is 40.0 Å². The van der Waals surface area contributed by atoms with Crippen molar-refractivity contribution < 1.29 is 37.3 Å². The smallest absolute Gasteiger partial charge is 0.373 e. The average molecular weight is 518 g/mol. The number of allylic oxidation sites excluding steroid dienone is 1. The predicted octanol–water partition coefficient (Wildman–Crippen LogP) is 2.84. The molecule has 9 nitrogen and oxygen atoms in total. The quantitative estimate of drug-likeness (QED) is 0.319. The van der Waals surface area contributed by atoms with Gasteiger partial charge in [0.15, 0.2) is 0 Å². The number of rotatable bonds is 13. The van der Waals surface area contributed by atoms with Crippen molar-refractivity contribution in [2.45, 2.75) is 23.5 Å². The van der Waals surface area contributed by atoms with Crippen LogP contribution in [0, 0.1) is 0 Å². The lowest BCUT2D eigenvalue weighted by atomic mass is 9.93. The Bertz CT molecular complexity index is 1130. The Balaban J connectivity index is 1.69. The van der Waals surface area contributed by atoms with E-state index in [2.05, 4.69) is 6.58 Å². The molecule has 0 fully saturated rings. The fourth-order valence-corrected chi connectivity index (χ4v) is 5.11. The molecule has 2 aromatic rings. The lowest BCUT2D eigenvalue weighted by Crippen LogP contribution is -2.37. The molecule has 0 unspecified atom stereocenters. The van der Waals surface area contributed by atoms with Crippen molar-refractivity contribution in [3.8, 4) is 5.75 Å². The number of hydrogen-bond donors (Lipinski definition) is 1. The van der Waals surface area contributed by atoms with Crippen molar-refractivity contribution >= 4 is 16.0 Å². The number of sulfonamides is 1. The normalized spacial score (nSPS) is 17.7. The summed E-state index contributed by atoms with van der Waals surface area (Å²) in [4.78, 5) is 12.5. The SMILES string of the molecule is C=CCOC(=O)C1=C[C@H](c2ccccc2)C[C@H](OCCN(CCO)S(=O)(=O)c2ccc(OC)cc2)O1. The van der Waals surface area contributed by atoms with Crippen molar-refractivity contribution in [3.63, 3.8) is 0 Å². The Labute approximate surface area is 211 Å². The molecule has 1 N–H and O–H groups in total. The van der Waals surface area contributed by atoms with Crippen LogP contribution >= 0.6 is 0 Å². The van der Waals surface area contributed by atoms with E-state index in [1.165, 1.54) is 25.3 Å². The number of aliphatic hydroxyl groups is 1. The Morgan fingerprint density at radius 2 is 1.89 bits per heavy atom. The summed E-state index contributed by atoms with van der Waals surface area (Å²) in [7, 11) is -2.38. The molecule has 0 bridgehead atoms. The van der Waals surface area contributed by atoms with E-state index in [1.807, 2.05) is 30.3 Å². The molecule has 10 heteroatoms. The monoisotopic (exact) mass is 517 g/mol. The first-order valence-corrected chi connectivity index (χ1v) is 12.9. The molecule has 0 saturated heterocycles. The summed E-state index contributed by atoms with van der Waals surface area (Å²) < 4.78 is 49.1. The van der Waals surface area contributed by atoms with E-state index >= 15 is 0 Å². The maximum atomic E-state index is 13.1. The van der Waals surface area contributed by atoms with Gasteiger partial charge in [-0.25, -0.2) is 13.2 Å². The topological polar surface area (TPSA) is 112 Å². The number of benzene rings is 2. The molecule has 0 spiro atoms. The molecule has 1 heterocycles. The first kappa shape index (κ1) is 27.4. The van der Waals surface area contributed by atoms with Crippen molar-refractivity contribution in [3.05, 3.63) is 84.7 Å². The van der Waals surface area contributed by atoms with Crippen LogP contribution in [0.15, 0.2) is 84.0 Å². The number of nitrogens with zero attached hydrogens (tertiary/aromatic N) is 1. The summed E-state index contributed by atoms with van der Waals surface area (Å²) in [5.74, 6) is -0.232. The third-order valence-corrected chi connectivity index (χ3v) is 7.42. The zero-order valence-corrected chi connectivity index (χ0v) is 20.9. The zero-order chi connectivity index (χ0) is 26.0. The van der Waals surface area contributed by atoms with E-state index in [1.54, 1.807) is 18.2 Å². The number of carbonyl (C=O) groups excluding carboxylic acids is 1. The second kappa shape index (κ2) is 13.2. The number of ether oxygens (including phenoxy) is 4. The molecule has 1 aliphatic rings. The highest BCUT2D eigenvalue weighted by atomic mass is 32.2. The fourth-order valence-electron chi connectivity index (χ4n) is 3.69. The third-order valence-electron chi connectivity index (χ3n) is 5.51. The first-order valence-electron chi connectivity index (χ1n) is 11.5. The zero-order valence-electron chi connectivity index (χ0n) is 20.1. The van der Waals surface area contributed by atoms with Crippen LogP contribution in [0.25, 0.3) is 0 Å². The van der Waals surface area contributed by atoms with E-state index in [-0.39, 0.29) is 49.5 Å². The van der Waals surface area contributed by atoms with E-state index in [0.29, 0.717) is 12.2 Å². The second-order valence-corrected chi connectivity index (χ2v) is 9.83. The lowest BCUT2D eigenvalue weighted by molar-refractivity contribution is -0.160. The summed E-state index contributed by atoms with van der Waals surface area (Å²) in [6.07, 6.45) is 2.79. The number of methoxy groups -OCH3 is 1. The van der Waals surface area contributed by atoms with Gasteiger partial charge in [-0.1, -0.05) is 43.0 Å². The highest BCUT2D eigenvalue weighted by molar-refractivity contribution is 7.89. The highest BCUT2D eigenvalue weighted by Crippen LogP contribution is 2.32. The summed E-state index contributed by atoms with van der Waals surface area (Å²) in [6, 6.07) is 15.6. The number of esters is 1. The Kier molecular flexibility index (Phi) is 10.1. The van der Waals surface area contributed by atoms with Crippen LogP contribution in [0.4, 0.5) is 0 Å². The molecule has 36 heavy (non-hydrogen) atoms. The molecule has 0 radical (unpaired) electrons. The minimum absolute atomic E-state index is 0.0173. The molecule has 2 atom stereocenters. The molecular formula is C26H31NO8S. The minimum Gasteiger partial charge on any atom is -0.497 e. The van der Waals surface area contributed by atoms with Gasteiger partial charge in [-0.05, 0) is 35.9 Å². The maximum Gasteiger partial charge on any atom is 0.373 e. The van der Waals surface area contributed by atoms with Gasteiger partial charge in [0.25, 0.3) is 0 Å². The number of carbonyl (C=O) groups is 1. The first-order chi connectivity index (χ1) is 17.4. The van der Waals surface area contributed by atoms with E-state index in [0.717, 1.165) is 9.87 Å². The van der Waals surface area contributed by atoms with Gasteiger partial charge in [0, 0.05) is 25.4 Å². The van der Waals surface area contributed by atoms with Crippen molar-refractivity contribution in [2.24, 2.45) is 0 Å². The van der Waals surface area contributed by atoms with Crippen LogP contribution < -0.4 is 4.74 Å². The summed E-state index contributed by atoms with van der Waals surface area (Å²) in [5, 5.41) is 9.45. The van der Waals surface area contributed by atoms with E-state index in [9.17, 15) is 18.3 Å². The second-order valence-electron chi connectivity index (χ2n) is 7.89. The molecule has 0 aromatic heterocycles. The van der Waals surface area contributed by atoms with Gasteiger partial charge in [0.1, 0.15) is 12.4 Å². The van der Waals surface area contributed by atoms with Crippen LogP contribution in [0.3, 0.4) is 0 Å². The molecular weight excluding hydrogens is 486 g/mol. The third kappa shape index (κ3) is 7.17. The van der Waals surface area contributed by atoms with Gasteiger partial charge in [-0.15, -0.1) is 0 Å². The van der Waals surface area contributed by atoms with E-state index < -0.39 is 22.3 Å². The molecule has 0 aliphatic carbocycles. The van der Waals surface area contributed by atoms with E-state index in [4.69, 9.17) is 18.9 Å². The van der Waals surface area contributed by atoms with Gasteiger partial charge in [0.2, 0.25) is 22.1 Å². The number of hydrogen-bond acceptors (Lipinski definition) is 8. The molecule has 2 aromatic carbocycles. The lowest BCUT2D eigenvalue weighted by Gasteiger charge is -2.29. The van der Waals surface area contributed by atoms with Crippen LogP contribution in [0.2, 0.25) is 0 Å². The highest BCUT2D eigenvalue weighted by Gasteiger charge is 2.30. The van der Waals surface area contributed by atoms with Crippen LogP contribution in [-0.4, -0.2) is 70.1 Å². The van der Waals surface area contributed by atoms with Gasteiger partial charge < -0.3 is 24.1 Å². The molecule has 0 saturated carbocycles. The summed E-state index contributed by atoms with van der Waals surface area (Å²) in [6.45, 7) is 3.08. The van der Waals surface area contributed by atoms with Gasteiger partial charge in [-0.3, -0.25) is 0 Å². The Morgan fingerprint density at radius 3 is 2.53 bits per heavy atom. The van der Waals surface area contributed by atoms with Gasteiger partial charge in [-0.2, -0.15) is 4.31 Å². The summed E-state index contributed by atoms with van der Waals surface area (Å²) in [5.41, 5.74) is 0.979. The van der Waals surface area contributed by atoms with Crippen LogP contribution in [0.1, 0.15) is 17.9 Å². The van der Waals surface area contributed by atoms with Crippen LogP contribution in [0.5, 0.6) is 5.75 Å². The van der Waals surface area contributed by atoms with Gasteiger partial charge >= 0.3 is 5.97 Å².